The summed E-state index contributed by atoms with van der Waals surface area (Å²) in [4.78, 5) is 25.2. The highest BCUT2D eigenvalue weighted by atomic mass is 19.1. The normalized spacial score (nSPS) is 19.0. The SMILES string of the molecule is CCC(O)c1cc(C)c(-c2cc3cnc(NC(=O)[C@H]4C[C@H]4F)cc3c3ocnc23)cn1. The van der Waals surface area contributed by atoms with Gasteiger partial charge in [-0.3, -0.25) is 9.78 Å². The number of nitrogens with zero attached hydrogens (tertiary/aromatic N) is 3. The van der Waals surface area contributed by atoms with Crippen LogP contribution in [0.3, 0.4) is 0 Å². The van der Waals surface area contributed by atoms with Crippen LogP contribution in [0.15, 0.2) is 41.4 Å². The second-order valence-electron chi connectivity index (χ2n) is 7.94. The van der Waals surface area contributed by atoms with E-state index in [4.69, 9.17) is 4.42 Å². The van der Waals surface area contributed by atoms with Crippen LogP contribution >= 0.6 is 0 Å². The average molecular weight is 420 g/mol. The predicted molar refractivity (Wildman–Crippen MR) is 114 cm³/mol. The molecule has 7 nitrogen and oxygen atoms in total. The van der Waals surface area contributed by atoms with Gasteiger partial charge in [-0.1, -0.05) is 6.92 Å². The number of fused-ring (bicyclic) bond motifs is 3. The lowest BCUT2D eigenvalue weighted by atomic mass is 9.97. The smallest absolute Gasteiger partial charge is 0.231 e. The Kier molecular flexibility index (Phi) is 4.66. The van der Waals surface area contributed by atoms with E-state index >= 15 is 0 Å². The monoisotopic (exact) mass is 420 g/mol. The standard InChI is InChI=1S/C23H21FN4O3/c1-3-19(29)18-4-11(2)16(9-25-18)14-5-12-8-26-20(28-23(30)15-6-17(15)24)7-13(12)22-21(14)27-10-31-22/h4-5,7-10,15,17,19,29H,3,6H2,1-2H3,(H,26,28,30)/t15-,17+,19?/m0/s1. The van der Waals surface area contributed by atoms with Crippen molar-refractivity contribution in [3.8, 4) is 11.1 Å². The highest BCUT2D eigenvalue weighted by molar-refractivity contribution is 6.10. The Labute approximate surface area is 177 Å². The van der Waals surface area contributed by atoms with Gasteiger partial charge < -0.3 is 14.8 Å². The molecule has 1 aromatic carbocycles. The number of aliphatic hydroxyl groups excluding tert-OH is 1. The zero-order chi connectivity index (χ0) is 21.7. The van der Waals surface area contributed by atoms with Crippen molar-refractivity contribution in [2.45, 2.75) is 39.0 Å². The number of anilines is 1. The van der Waals surface area contributed by atoms with E-state index in [1.807, 2.05) is 26.0 Å². The average Bonchev–Trinajstić information content (AvgIpc) is 3.30. The second-order valence-corrected chi connectivity index (χ2v) is 7.94. The number of carbonyl (C=O) groups is 1. The van der Waals surface area contributed by atoms with Crippen molar-refractivity contribution in [2.75, 3.05) is 5.32 Å². The first-order chi connectivity index (χ1) is 15.0. The number of oxazole rings is 1. The lowest BCUT2D eigenvalue weighted by molar-refractivity contribution is -0.117. The Morgan fingerprint density at radius 2 is 2.06 bits per heavy atom. The lowest BCUT2D eigenvalue weighted by Gasteiger charge is -2.13. The molecule has 0 saturated heterocycles. The number of hydrogen-bond acceptors (Lipinski definition) is 6. The van der Waals surface area contributed by atoms with Crippen molar-refractivity contribution < 1.29 is 18.7 Å². The summed E-state index contributed by atoms with van der Waals surface area (Å²) < 4.78 is 18.8. The summed E-state index contributed by atoms with van der Waals surface area (Å²) in [5.41, 5.74) is 4.55. The molecule has 1 aliphatic rings. The van der Waals surface area contributed by atoms with E-state index in [0.29, 0.717) is 29.0 Å². The maximum atomic E-state index is 13.2. The third kappa shape index (κ3) is 3.42. The number of hydrogen-bond donors (Lipinski definition) is 2. The van der Waals surface area contributed by atoms with Crippen LogP contribution in [0.4, 0.5) is 10.2 Å². The zero-order valence-electron chi connectivity index (χ0n) is 17.1. The van der Waals surface area contributed by atoms with Gasteiger partial charge in [0, 0.05) is 34.3 Å². The number of halogens is 1. The fourth-order valence-corrected chi connectivity index (χ4v) is 3.81. The molecule has 0 radical (unpaired) electrons. The van der Waals surface area contributed by atoms with Crippen molar-refractivity contribution in [2.24, 2.45) is 5.92 Å². The van der Waals surface area contributed by atoms with Gasteiger partial charge in [0.05, 0.1) is 17.7 Å². The number of alkyl halides is 1. The Morgan fingerprint density at radius 3 is 2.77 bits per heavy atom. The van der Waals surface area contributed by atoms with Gasteiger partial charge in [0.15, 0.2) is 12.0 Å². The topological polar surface area (TPSA) is 101 Å². The molecule has 31 heavy (non-hydrogen) atoms. The van der Waals surface area contributed by atoms with Gasteiger partial charge in [0.25, 0.3) is 0 Å². The first-order valence-corrected chi connectivity index (χ1v) is 10.2. The first-order valence-electron chi connectivity index (χ1n) is 10.2. The molecule has 3 atom stereocenters. The minimum atomic E-state index is -1.06. The molecule has 0 aliphatic heterocycles. The Morgan fingerprint density at radius 1 is 1.26 bits per heavy atom. The highest BCUT2D eigenvalue weighted by Crippen LogP contribution is 2.37. The Balaban J connectivity index is 1.58. The van der Waals surface area contributed by atoms with Crippen molar-refractivity contribution in [3.05, 3.63) is 48.2 Å². The molecule has 3 heterocycles. The highest BCUT2D eigenvalue weighted by Gasteiger charge is 2.43. The van der Waals surface area contributed by atoms with Gasteiger partial charge in [-0.05, 0) is 43.5 Å². The molecule has 158 valence electrons. The van der Waals surface area contributed by atoms with Crippen LogP contribution in [0.1, 0.15) is 37.1 Å². The van der Waals surface area contributed by atoms with Crippen molar-refractivity contribution >= 4 is 33.6 Å². The number of amides is 1. The van der Waals surface area contributed by atoms with Gasteiger partial charge in [-0.25, -0.2) is 14.4 Å². The predicted octanol–water partition coefficient (Wildman–Crippen LogP) is 4.49. The van der Waals surface area contributed by atoms with E-state index in [0.717, 1.165) is 27.5 Å². The first kappa shape index (κ1) is 19.6. The van der Waals surface area contributed by atoms with Crippen molar-refractivity contribution in [1.29, 1.82) is 0 Å². The van der Waals surface area contributed by atoms with Crippen molar-refractivity contribution in [1.82, 2.24) is 15.0 Å². The summed E-state index contributed by atoms with van der Waals surface area (Å²) in [5.74, 6) is -0.603. The number of rotatable bonds is 5. The molecule has 1 aliphatic carbocycles. The van der Waals surface area contributed by atoms with Crippen LogP contribution < -0.4 is 5.32 Å². The number of aromatic nitrogens is 3. The van der Waals surface area contributed by atoms with Crippen LogP contribution in [0.25, 0.3) is 33.0 Å². The molecule has 1 unspecified atom stereocenters. The van der Waals surface area contributed by atoms with Gasteiger partial charge in [0.1, 0.15) is 17.5 Å². The molecular weight excluding hydrogens is 399 g/mol. The van der Waals surface area contributed by atoms with Gasteiger partial charge in [0.2, 0.25) is 5.91 Å². The largest absolute Gasteiger partial charge is 0.443 e. The number of benzene rings is 1. The zero-order valence-corrected chi connectivity index (χ0v) is 17.1. The van der Waals surface area contributed by atoms with Gasteiger partial charge >= 0.3 is 0 Å². The third-order valence-electron chi connectivity index (χ3n) is 5.75. The second kappa shape index (κ2) is 7.39. The van der Waals surface area contributed by atoms with E-state index < -0.39 is 18.2 Å². The molecule has 1 saturated carbocycles. The molecule has 8 heteroatoms. The molecule has 1 fully saturated rings. The van der Waals surface area contributed by atoms with Crippen LogP contribution in [-0.2, 0) is 4.79 Å². The summed E-state index contributed by atoms with van der Waals surface area (Å²) in [6.07, 6.45) is 3.95. The number of carbonyl (C=O) groups excluding carboxylic acids is 1. The molecule has 2 N–H and O–H groups in total. The van der Waals surface area contributed by atoms with E-state index in [2.05, 4.69) is 20.3 Å². The number of pyridine rings is 2. The molecule has 3 aromatic heterocycles. The maximum absolute atomic E-state index is 13.2. The van der Waals surface area contributed by atoms with Crippen molar-refractivity contribution in [3.63, 3.8) is 0 Å². The summed E-state index contributed by atoms with van der Waals surface area (Å²) >= 11 is 0. The summed E-state index contributed by atoms with van der Waals surface area (Å²) in [6, 6.07) is 5.55. The fraction of sp³-hybridized carbons (Fsp3) is 0.304. The fourth-order valence-electron chi connectivity index (χ4n) is 3.81. The minimum Gasteiger partial charge on any atom is -0.443 e. The minimum absolute atomic E-state index is 0.261. The van der Waals surface area contributed by atoms with Crippen LogP contribution in [0, 0.1) is 12.8 Å². The van der Waals surface area contributed by atoms with E-state index in [1.165, 1.54) is 6.39 Å². The van der Waals surface area contributed by atoms with E-state index in [1.54, 1.807) is 18.5 Å². The van der Waals surface area contributed by atoms with Crippen LogP contribution in [0.5, 0.6) is 0 Å². The molecule has 5 rings (SSSR count). The van der Waals surface area contributed by atoms with Crippen LogP contribution in [-0.4, -0.2) is 32.1 Å². The van der Waals surface area contributed by atoms with E-state index in [9.17, 15) is 14.3 Å². The number of aryl methyl sites for hydroxylation is 1. The summed E-state index contributed by atoms with van der Waals surface area (Å²) in [5, 5.41) is 14.3. The lowest BCUT2D eigenvalue weighted by Crippen LogP contribution is -2.15. The molecule has 1 amide bonds. The maximum Gasteiger partial charge on any atom is 0.231 e. The number of aliphatic hydroxyl groups is 1. The Bertz CT molecular complexity index is 1320. The third-order valence-corrected chi connectivity index (χ3v) is 5.75. The van der Waals surface area contributed by atoms with Gasteiger partial charge in [-0.2, -0.15) is 0 Å². The Hall–Kier alpha value is -3.39. The molecule has 0 bridgehead atoms. The van der Waals surface area contributed by atoms with E-state index in [-0.39, 0.29) is 12.3 Å². The van der Waals surface area contributed by atoms with Gasteiger partial charge in [-0.15, -0.1) is 0 Å². The summed E-state index contributed by atoms with van der Waals surface area (Å²) in [6.45, 7) is 3.87. The number of nitrogens with one attached hydrogen (secondary N) is 1. The van der Waals surface area contributed by atoms with Crippen LogP contribution in [0.2, 0.25) is 0 Å². The quantitative estimate of drug-likeness (QED) is 0.493. The molecule has 4 aromatic rings. The molecular formula is C23H21FN4O3. The molecule has 0 spiro atoms. The summed E-state index contributed by atoms with van der Waals surface area (Å²) in [7, 11) is 0.